The van der Waals surface area contributed by atoms with Crippen molar-refractivity contribution in [2.75, 3.05) is 0 Å². The van der Waals surface area contributed by atoms with Crippen LogP contribution in [0.3, 0.4) is 0 Å². The summed E-state index contributed by atoms with van der Waals surface area (Å²) in [5.41, 5.74) is 3.08. The van der Waals surface area contributed by atoms with Crippen molar-refractivity contribution in [3.8, 4) is 0 Å². The first-order valence-corrected chi connectivity index (χ1v) is 7.69. The molecule has 0 bridgehead atoms. The molecule has 6 heteroatoms. The Hall–Kier alpha value is -2.73. The SMILES string of the molecule is Cn1/c(=N/N=C/c2nc3ccccc3[nH]2)sc2ccccc21. The number of aromatic nitrogens is 3. The highest BCUT2D eigenvalue weighted by Crippen LogP contribution is 2.15. The lowest BCUT2D eigenvalue weighted by Crippen LogP contribution is -2.08. The second-order valence-corrected chi connectivity index (χ2v) is 5.90. The molecule has 4 aromatic rings. The van der Waals surface area contributed by atoms with Gasteiger partial charge in [-0.3, -0.25) is 0 Å². The van der Waals surface area contributed by atoms with E-state index in [9.17, 15) is 0 Å². The van der Waals surface area contributed by atoms with Crippen molar-refractivity contribution in [1.29, 1.82) is 0 Å². The standard InChI is InChI=1S/C16H13N5S/c1-21-13-8-4-5-9-14(13)22-16(21)20-17-10-15-18-11-6-2-3-7-12(11)19-15/h2-10H,1H3,(H,18,19)/b17-10+,20-16-. The van der Waals surface area contributed by atoms with Crippen LogP contribution in [0.25, 0.3) is 21.3 Å². The highest BCUT2D eigenvalue weighted by molar-refractivity contribution is 7.16. The summed E-state index contributed by atoms with van der Waals surface area (Å²) in [6.07, 6.45) is 1.64. The van der Waals surface area contributed by atoms with Crippen molar-refractivity contribution < 1.29 is 0 Å². The number of imidazole rings is 1. The van der Waals surface area contributed by atoms with E-state index in [-0.39, 0.29) is 0 Å². The summed E-state index contributed by atoms with van der Waals surface area (Å²) in [6.45, 7) is 0. The second-order valence-electron chi connectivity index (χ2n) is 4.90. The Labute approximate surface area is 130 Å². The van der Waals surface area contributed by atoms with Gasteiger partial charge in [0.05, 0.1) is 27.5 Å². The van der Waals surface area contributed by atoms with E-state index in [0.29, 0.717) is 5.82 Å². The molecule has 0 atom stereocenters. The van der Waals surface area contributed by atoms with E-state index < -0.39 is 0 Å². The quantitative estimate of drug-likeness (QED) is 0.449. The number of thiazole rings is 1. The van der Waals surface area contributed by atoms with Crippen LogP contribution in [0.1, 0.15) is 5.82 Å². The molecule has 4 rings (SSSR count). The first-order valence-electron chi connectivity index (χ1n) is 6.88. The van der Waals surface area contributed by atoms with E-state index in [2.05, 4.69) is 32.3 Å². The maximum absolute atomic E-state index is 4.44. The largest absolute Gasteiger partial charge is 0.337 e. The number of benzene rings is 2. The smallest absolute Gasteiger partial charge is 0.211 e. The molecule has 0 amide bonds. The molecule has 0 saturated heterocycles. The Balaban J connectivity index is 1.71. The number of para-hydroxylation sites is 3. The van der Waals surface area contributed by atoms with E-state index in [4.69, 9.17) is 0 Å². The minimum Gasteiger partial charge on any atom is -0.337 e. The van der Waals surface area contributed by atoms with Gasteiger partial charge in [-0.05, 0) is 24.3 Å². The molecule has 0 spiro atoms. The average molecular weight is 307 g/mol. The zero-order chi connectivity index (χ0) is 14.9. The molecule has 0 aliphatic heterocycles. The van der Waals surface area contributed by atoms with Gasteiger partial charge in [-0.2, -0.15) is 5.10 Å². The van der Waals surface area contributed by atoms with Gasteiger partial charge < -0.3 is 9.55 Å². The highest BCUT2D eigenvalue weighted by Gasteiger charge is 2.01. The maximum atomic E-state index is 4.44. The second kappa shape index (κ2) is 5.23. The van der Waals surface area contributed by atoms with E-state index in [0.717, 1.165) is 21.4 Å². The molecule has 2 heterocycles. The number of H-pyrrole nitrogens is 1. The lowest BCUT2D eigenvalue weighted by molar-refractivity contribution is 0.889. The number of aromatic amines is 1. The molecule has 22 heavy (non-hydrogen) atoms. The minimum atomic E-state index is 0.703. The van der Waals surface area contributed by atoms with Gasteiger partial charge in [-0.15, -0.1) is 5.10 Å². The third-order valence-corrected chi connectivity index (χ3v) is 4.55. The predicted molar refractivity (Wildman–Crippen MR) is 90.0 cm³/mol. The molecule has 1 N–H and O–H groups in total. The number of nitrogens with one attached hydrogen (secondary N) is 1. The lowest BCUT2D eigenvalue weighted by Gasteiger charge is -1.92. The van der Waals surface area contributed by atoms with E-state index >= 15 is 0 Å². The predicted octanol–water partition coefficient (Wildman–Crippen LogP) is 3.05. The summed E-state index contributed by atoms with van der Waals surface area (Å²) >= 11 is 1.62. The van der Waals surface area contributed by atoms with E-state index in [1.807, 2.05) is 48.0 Å². The summed E-state index contributed by atoms with van der Waals surface area (Å²) in [5, 5.41) is 8.46. The van der Waals surface area contributed by atoms with Crippen LogP contribution in [0, 0.1) is 0 Å². The molecule has 2 aromatic carbocycles. The molecule has 0 radical (unpaired) electrons. The summed E-state index contributed by atoms with van der Waals surface area (Å²) < 4.78 is 3.23. The highest BCUT2D eigenvalue weighted by atomic mass is 32.1. The van der Waals surface area contributed by atoms with Gasteiger partial charge >= 0.3 is 0 Å². The van der Waals surface area contributed by atoms with Crippen molar-refractivity contribution >= 4 is 38.8 Å². The van der Waals surface area contributed by atoms with Crippen LogP contribution in [0.4, 0.5) is 0 Å². The molecule has 0 unspecified atom stereocenters. The summed E-state index contributed by atoms with van der Waals surface area (Å²) in [5.74, 6) is 0.703. The molecule has 0 aliphatic rings. The van der Waals surface area contributed by atoms with Gasteiger partial charge in [0.25, 0.3) is 0 Å². The topological polar surface area (TPSA) is 58.3 Å². The van der Waals surface area contributed by atoms with Crippen LogP contribution in [-0.2, 0) is 7.05 Å². The Morgan fingerprint density at radius 3 is 2.82 bits per heavy atom. The van der Waals surface area contributed by atoms with Crippen LogP contribution >= 0.6 is 11.3 Å². The Kier molecular flexibility index (Phi) is 3.08. The summed E-state index contributed by atoms with van der Waals surface area (Å²) in [4.78, 5) is 8.50. The zero-order valence-electron chi connectivity index (χ0n) is 11.9. The van der Waals surface area contributed by atoms with E-state index in [1.54, 1.807) is 17.6 Å². The van der Waals surface area contributed by atoms with Crippen molar-refractivity contribution in [3.05, 3.63) is 59.2 Å². The fraction of sp³-hybridized carbons (Fsp3) is 0.0625. The van der Waals surface area contributed by atoms with Crippen LogP contribution in [-0.4, -0.2) is 20.7 Å². The van der Waals surface area contributed by atoms with Gasteiger partial charge in [0, 0.05) is 7.05 Å². The monoisotopic (exact) mass is 307 g/mol. The Bertz CT molecular complexity index is 1020. The Morgan fingerprint density at radius 1 is 1.14 bits per heavy atom. The van der Waals surface area contributed by atoms with Crippen molar-refractivity contribution in [1.82, 2.24) is 14.5 Å². The molecular formula is C16H13N5S. The maximum Gasteiger partial charge on any atom is 0.211 e. The number of rotatable bonds is 2. The van der Waals surface area contributed by atoms with Crippen molar-refractivity contribution in [3.63, 3.8) is 0 Å². The number of hydrogen-bond donors (Lipinski definition) is 1. The van der Waals surface area contributed by atoms with Crippen molar-refractivity contribution in [2.45, 2.75) is 0 Å². The Morgan fingerprint density at radius 2 is 1.95 bits per heavy atom. The number of nitrogens with zero attached hydrogens (tertiary/aromatic N) is 4. The van der Waals surface area contributed by atoms with E-state index in [1.165, 1.54) is 4.70 Å². The molecule has 0 aliphatic carbocycles. The van der Waals surface area contributed by atoms with Crippen molar-refractivity contribution in [2.24, 2.45) is 17.3 Å². The summed E-state index contributed by atoms with van der Waals surface area (Å²) in [7, 11) is 1.99. The average Bonchev–Trinajstić information content (AvgIpc) is 3.09. The van der Waals surface area contributed by atoms with Gasteiger partial charge in [0.1, 0.15) is 0 Å². The fourth-order valence-corrected chi connectivity index (χ4v) is 3.32. The first kappa shape index (κ1) is 13.0. The van der Waals surface area contributed by atoms with Gasteiger partial charge in [0.2, 0.25) is 4.80 Å². The molecule has 5 nitrogen and oxygen atoms in total. The molecular weight excluding hydrogens is 294 g/mol. The molecule has 0 saturated carbocycles. The summed E-state index contributed by atoms with van der Waals surface area (Å²) in [6, 6.07) is 16.1. The van der Waals surface area contributed by atoms with Crippen LogP contribution in [0.2, 0.25) is 0 Å². The molecule has 108 valence electrons. The number of fused-ring (bicyclic) bond motifs is 2. The van der Waals surface area contributed by atoms with Crippen LogP contribution < -0.4 is 4.80 Å². The third kappa shape index (κ3) is 2.23. The first-order chi connectivity index (χ1) is 10.8. The van der Waals surface area contributed by atoms with Gasteiger partial charge in [-0.1, -0.05) is 35.6 Å². The normalized spacial score (nSPS) is 12.9. The fourth-order valence-electron chi connectivity index (χ4n) is 2.34. The number of aryl methyl sites for hydroxylation is 1. The minimum absolute atomic E-state index is 0.703. The number of hydrogen-bond acceptors (Lipinski definition) is 4. The third-order valence-electron chi connectivity index (χ3n) is 3.45. The lowest BCUT2D eigenvalue weighted by atomic mass is 10.3. The van der Waals surface area contributed by atoms with Crippen LogP contribution in [0.15, 0.2) is 58.7 Å². The molecule has 2 aromatic heterocycles. The zero-order valence-corrected chi connectivity index (χ0v) is 12.7. The van der Waals surface area contributed by atoms with Crippen LogP contribution in [0.5, 0.6) is 0 Å². The van der Waals surface area contributed by atoms with Gasteiger partial charge in [0.15, 0.2) is 5.82 Å². The van der Waals surface area contributed by atoms with Gasteiger partial charge in [-0.25, -0.2) is 4.98 Å². The molecule has 0 fully saturated rings.